The van der Waals surface area contributed by atoms with E-state index in [0.29, 0.717) is 17.9 Å². The number of piperidine rings is 2. The van der Waals surface area contributed by atoms with Crippen LogP contribution >= 0.6 is 0 Å². The third-order valence-electron chi connectivity index (χ3n) is 5.12. The fraction of sp³-hybridized carbons (Fsp3) is 0.933. The van der Waals surface area contributed by atoms with Gasteiger partial charge < -0.3 is 15.5 Å². The first-order valence-corrected chi connectivity index (χ1v) is 8.05. The minimum Gasteiger partial charge on any atom is -0.353 e. The van der Waals surface area contributed by atoms with E-state index in [9.17, 15) is 4.79 Å². The Bertz CT molecular complexity index is 315. The van der Waals surface area contributed by atoms with E-state index in [0.717, 1.165) is 44.8 Å². The Morgan fingerprint density at radius 1 is 1.16 bits per heavy atom. The predicted octanol–water partition coefficient (Wildman–Crippen LogP) is 1.12. The van der Waals surface area contributed by atoms with Gasteiger partial charge in [0, 0.05) is 25.0 Å². The molecule has 3 aliphatic rings. The molecule has 0 aromatic carbocycles. The number of nitrogens with one attached hydrogen (secondary N) is 2. The average molecular weight is 265 g/mol. The van der Waals surface area contributed by atoms with E-state index in [4.69, 9.17) is 0 Å². The summed E-state index contributed by atoms with van der Waals surface area (Å²) in [4.78, 5) is 14.7. The van der Waals surface area contributed by atoms with Crippen LogP contribution in [-0.2, 0) is 4.79 Å². The van der Waals surface area contributed by atoms with E-state index in [1.807, 2.05) is 0 Å². The maximum absolute atomic E-state index is 12.1. The largest absolute Gasteiger partial charge is 0.353 e. The van der Waals surface area contributed by atoms with Gasteiger partial charge in [-0.2, -0.15) is 0 Å². The summed E-state index contributed by atoms with van der Waals surface area (Å²) < 4.78 is 0. The van der Waals surface area contributed by atoms with Crippen LogP contribution < -0.4 is 10.6 Å². The number of carbonyl (C=O) groups is 1. The van der Waals surface area contributed by atoms with E-state index in [1.54, 1.807) is 0 Å². The molecule has 3 fully saturated rings. The highest BCUT2D eigenvalue weighted by Crippen LogP contribution is 2.27. The molecule has 1 amide bonds. The summed E-state index contributed by atoms with van der Waals surface area (Å²) in [5, 5.41) is 6.65. The van der Waals surface area contributed by atoms with Crippen molar-refractivity contribution in [3.8, 4) is 0 Å². The highest BCUT2D eigenvalue weighted by molar-refractivity contribution is 5.76. The van der Waals surface area contributed by atoms with Crippen molar-refractivity contribution in [2.45, 2.75) is 57.0 Å². The third kappa shape index (κ3) is 3.48. The lowest BCUT2D eigenvalue weighted by Gasteiger charge is -2.35. The number of hydrogen-bond donors (Lipinski definition) is 2. The first-order valence-electron chi connectivity index (χ1n) is 8.05. The Hall–Kier alpha value is -0.610. The van der Waals surface area contributed by atoms with Crippen LogP contribution in [0.4, 0.5) is 0 Å². The van der Waals surface area contributed by atoms with Crippen molar-refractivity contribution in [3.05, 3.63) is 0 Å². The Kier molecular flexibility index (Phi) is 4.38. The Balaban J connectivity index is 1.41. The third-order valence-corrected chi connectivity index (χ3v) is 5.12. The van der Waals surface area contributed by atoms with Crippen molar-refractivity contribution in [3.63, 3.8) is 0 Å². The van der Waals surface area contributed by atoms with Crippen molar-refractivity contribution in [2.24, 2.45) is 5.92 Å². The molecule has 108 valence electrons. The van der Waals surface area contributed by atoms with Gasteiger partial charge in [0.25, 0.3) is 0 Å². The van der Waals surface area contributed by atoms with Gasteiger partial charge in [0.2, 0.25) is 5.91 Å². The first kappa shape index (κ1) is 13.4. The van der Waals surface area contributed by atoms with E-state index < -0.39 is 0 Å². The van der Waals surface area contributed by atoms with Gasteiger partial charge in [-0.3, -0.25) is 4.79 Å². The molecule has 0 aromatic heterocycles. The van der Waals surface area contributed by atoms with E-state index in [1.165, 1.54) is 32.4 Å². The molecule has 2 atom stereocenters. The van der Waals surface area contributed by atoms with Gasteiger partial charge in [-0.05, 0) is 64.1 Å². The first-order chi connectivity index (χ1) is 9.31. The normalized spacial score (nSPS) is 33.1. The fourth-order valence-corrected chi connectivity index (χ4v) is 3.99. The van der Waals surface area contributed by atoms with Crippen LogP contribution in [0.2, 0.25) is 0 Å². The van der Waals surface area contributed by atoms with Crippen LogP contribution in [-0.4, -0.2) is 49.1 Å². The summed E-state index contributed by atoms with van der Waals surface area (Å²) in [5.74, 6) is 0.899. The van der Waals surface area contributed by atoms with Crippen LogP contribution in [0.15, 0.2) is 0 Å². The van der Waals surface area contributed by atoms with Crippen LogP contribution in [0.3, 0.4) is 0 Å². The monoisotopic (exact) mass is 265 g/mol. The van der Waals surface area contributed by atoms with Crippen molar-refractivity contribution in [1.29, 1.82) is 0 Å². The van der Waals surface area contributed by atoms with Gasteiger partial charge in [0.15, 0.2) is 0 Å². The fourth-order valence-electron chi connectivity index (χ4n) is 3.99. The number of fused-ring (bicyclic) bond motifs is 1. The molecule has 3 aliphatic heterocycles. The van der Waals surface area contributed by atoms with Crippen molar-refractivity contribution in [2.75, 3.05) is 26.2 Å². The summed E-state index contributed by atoms with van der Waals surface area (Å²) in [6.07, 6.45) is 8.07. The zero-order valence-corrected chi connectivity index (χ0v) is 11.9. The molecule has 3 rings (SSSR count). The second kappa shape index (κ2) is 6.23. The highest BCUT2D eigenvalue weighted by Gasteiger charge is 2.32. The van der Waals surface area contributed by atoms with Crippen LogP contribution in [0.25, 0.3) is 0 Å². The topological polar surface area (TPSA) is 44.4 Å². The van der Waals surface area contributed by atoms with E-state index in [2.05, 4.69) is 15.5 Å². The molecule has 2 N–H and O–H groups in total. The van der Waals surface area contributed by atoms with Gasteiger partial charge in [0.05, 0.1) is 0 Å². The standard InChI is InChI=1S/C15H27N3O/c19-15(10-12-3-6-16-7-4-12)17-13-5-9-18-8-1-2-14(18)11-13/h12-14,16H,1-11H2,(H,17,19). The number of amides is 1. The Morgan fingerprint density at radius 2 is 2.00 bits per heavy atom. The Morgan fingerprint density at radius 3 is 2.84 bits per heavy atom. The number of carbonyl (C=O) groups excluding carboxylic acids is 1. The highest BCUT2D eigenvalue weighted by atomic mass is 16.1. The van der Waals surface area contributed by atoms with E-state index >= 15 is 0 Å². The molecule has 0 aliphatic carbocycles. The summed E-state index contributed by atoms with van der Waals surface area (Å²) in [5.41, 5.74) is 0. The van der Waals surface area contributed by atoms with Crippen molar-refractivity contribution >= 4 is 5.91 Å². The van der Waals surface area contributed by atoms with Gasteiger partial charge >= 0.3 is 0 Å². The maximum atomic E-state index is 12.1. The molecule has 0 bridgehead atoms. The smallest absolute Gasteiger partial charge is 0.220 e. The van der Waals surface area contributed by atoms with Crippen molar-refractivity contribution in [1.82, 2.24) is 15.5 Å². The summed E-state index contributed by atoms with van der Waals surface area (Å²) in [6, 6.07) is 1.19. The summed E-state index contributed by atoms with van der Waals surface area (Å²) in [6.45, 7) is 4.63. The average Bonchev–Trinajstić information content (AvgIpc) is 2.87. The quantitative estimate of drug-likeness (QED) is 0.804. The molecule has 0 aromatic rings. The van der Waals surface area contributed by atoms with Gasteiger partial charge in [-0.25, -0.2) is 0 Å². The van der Waals surface area contributed by atoms with Gasteiger partial charge in [-0.15, -0.1) is 0 Å². The number of rotatable bonds is 3. The minimum absolute atomic E-state index is 0.295. The van der Waals surface area contributed by atoms with Crippen LogP contribution in [0, 0.1) is 5.92 Å². The molecule has 4 heteroatoms. The number of nitrogens with zero attached hydrogens (tertiary/aromatic N) is 1. The molecule has 0 radical (unpaired) electrons. The maximum Gasteiger partial charge on any atom is 0.220 e. The lowest BCUT2D eigenvalue weighted by molar-refractivity contribution is -0.123. The number of hydrogen-bond acceptors (Lipinski definition) is 3. The van der Waals surface area contributed by atoms with Crippen LogP contribution in [0.1, 0.15) is 44.9 Å². The van der Waals surface area contributed by atoms with E-state index in [-0.39, 0.29) is 0 Å². The lowest BCUT2D eigenvalue weighted by Crippen LogP contribution is -2.47. The Labute approximate surface area is 116 Å². The second-order valence-corrected chi connectivity index (χ2v) is 6.52. The SMILES string of the molecule is O=C(CC1CCNCC1)NC1CCN2CCCC2C1. The molecule has 2 unspecified atom stereocenters. The molecule has 3 saturated heterocycles. The summed E-state index contributed by atoms with van der Waals surface area (Å²) in [7, 11) is 0. The molecule has 4 nitrogen and oxygen atoms in total. The van der Waals surface area contributed by atoms with Gasteiger partial charge in [0.1, 0.15) is 0 Å². The molecule has 0 saturated carbocycles. The lowest BCUT2D eigenvalue weighted by atomic mass is 9.93. The zero-order valence-electron chi connectivity index (χ0n) is 11.9. The second-order valence-electron chi connectivity index (χ2n) is 6.52. The summed E-state index contributed by atoms with van der Waals surface area (Å²) >= 11 is 0. The zero-order chi connectivity index (χ0) is 13.1. The van der Waals surface area contributed by atoms with Gasteiger partial charge in [-0.1, -0.05) is 0 Å². The molecule has 3 heterocycles. The molecule has 19 heavy (non-hydrogen) atoms. The predicted molar refractivity (Wildman–Crippen MR) is 76.0 cm³/mol. The minimum atomic E-state index is 0.295. The van der Waals surface area contributed by atoms with Crippen molar-refractivity contribution < 1.29 is 4.79 Å². The molecular formula is C15H27N3O. The molecule has 0 spiro atoms. The van der Waals surface area contributed by atoms with Crippen LogP contribution in [0.5, 0.6) is 0 Å². The molecular weight excluding hydrogens is 238 g/mol.